The summed E-state index contributed by atoms with van der Waals surface area (Å²) in [5.74, 6) is 1.39. The second-order valence-electron chi connectivity index (χ2n) is 7.15. The highest BCUT2D eigenvalue weighted by Crippen LogP contribution is 2.34. The molecular weight excluding hydrogens is 330 g/mol. The molecule has 0 amide bonds. The molecule has 1 N–H and O–H groups in total. The predicted octanol–water partition coefficient (Wildman–Crippen LogP) is 6.22. The molecular formula is C24H25N3. The van der Waals surface area contributed by atoms with Gasteiger partial charge in [0.2, 0.25) is 0 Å². The SMILES string of the molecule is CCc1cc(-c2ccc[nH]2)cc(C(C)C)c1-n1ccnc1-c1ccccc1. The first kappa shape index (κ1) is 17.3. The molecule has 2 aromatic carbocycles. The summed E-state index contributed by atoms with van der Waals surface area (Å²) in [6.07, 6.45) is 6.92. The fraction of sp³-hybridized carbons (Fsp3) is 0.208. The normalized spacial score (nSPS) is 11.3. The third-order valence-corrected chi connectivity index (χ3v) is 5.04. The number of aryl methyl sites for hydroxylation is 1. The number of rotatable bonds is 5. The Hall–Kier alpha value is -3.07. The van der Waals surface area contributed by atoms with Gasteiger partial charge >= 0.3 is 0 Å². The van der Waals surface area contributed by atoms with Gasteiger partial charge in [-0.15, -0.1) is 0 Å². The number of benzene rings is 2. The highest BCUT2D eigenvalue weighted by Gasteiger charge is 2.18. The molecule has 0 radical (unpaired) electrons. The Bertz CT molecular complexity index is 1020. The molecule has 0 saturated carbocycles. The molecule has 0 aliphatic rings. The lowest BCUT2D eigenvalue weighted by atomic mass is 9.92. The van der Waals surface area contributed by atoms with Crippen LogP contribution in [0, 0.1) is 0 Å². The molecule has 0 bridgehead atoms. The first-order valence-electron chi connectivity index (χ1n) is 9.58. The Morgan fingerprint density at radius 1 is 1.00 bits per heavy atom. The van der Waals surface area contributed by atoms with Gasteiger partial charge in [0.15, 0.2) is 0 Å². The monoisotopic (exact) mass is 355 g/mol. The van der Waals surface area contributed by atoms with Crippen molar-refractivity contribution in [3.05, 3.63) is 84.3 Å². The fourth-order valence-corrected chi connectivity index (χ4v) is 3.67. The molecule has 27 heavy (non-hydrogen) atoms. The van der Waals surface area contributed by atoms with Crippen molar-refractivity contribution in [3.8, 4) is 28.3 Å². The van der Waals surface area contributed by atoms with Crippen molar-refractivity contribution in [1.82, 2.24) is 14.5 Å². The van der Waals surface area contributed by atoms with E-state index in [4.69, 9.17) is 0 Å². The van der Waals surface area contributed by atoms with E-state index in [0.717, 1.165) is 23.5 Å². The van der Waals surface area contributed by atoms with Gasteiger partial charge in [-0.3, -0.25) is 4.57 Å². The van der Waals surface area contributed by atoms with E-state index >= 15 is 0 Å². The van der Waals surface area contributed by atoms with Crippen molar-refractivity contribution in [2.24, 2.45) is 0 Å². The summed E-state index contributed by atoms with van der Waals surface area (Å²) in [5.41, 5.74) is 7.47. The average Bonchev–Trinajstić information content (AvgIpc) is 3.39. The smallest absolute Gasteiger partial charge is 0.144 e. The van der Waals surface area contributed by atoms with Crippen LogP contribution in [-0.4, -0.2) is 14.5 Å². The molecule has 0 unspecified atom stereocenters. The number of H-pyrrole nitrogens is 1. The second kappa shape index (κ2) is 7.28. The summed E-state index contributed by atoms with van der Waals surface area (Å²) in [7, 11) is 0. The van der Waals surface area contributed by atoms with Crippen LogP contribution in [0.3, 0.4) is 0 Å². The minimum absolute atomic E-state index is 0.409. The van der Waals surface area contributed by atoms with E-state index in [9.17, 15) is 0 Å². The van der Waals surface area contributed by atoms with Crippen molar-refractivity contribution in [1.29, 1.82) is 0 Å². The number of nitrogens with zero attached hydrogens (tertiary/aromatic N) is 2. The molecule has 0 fully saturated rings. The summed E-state index contributed by atoms with van der Waals surface area (Å²) in [6.45, 7) is 6.74. The first-order chi connectivity index (χ1) is 13.2. The van der Waals surface area contributed by atoms with Gasteiger partial charge in [0.05, 0.1) is 5.69 Å². The maximum Gasteiger partial charge on any atom is 0.144 e. The van der Waals surface area contributed by atoms with Crippen LogP contribution in [0.1, 0.15) is 37.8 Å². The Labute approximate surface area is 160 Å². The van der Waals surface area contributed by atoms with Crippen LogP contribution in [0.5, 0.6) is 0 Å². The van der Waals surface area contributed by atoms with E-state index in [0.29, 0.717) is 5.92 Å². The summed E-state index contributed by atoms with van der Waals surface area (Å²) in [4.78, 5) is 8.01. The van der Waals surface area contributed by atoms with Crippen LogP contribution in [0.4, 0.5) is 0 Å². The van der Waals surface area contributed by atoms with Crippen LogP contribution in [0.2, 0.25) is 0 Å². The van der Waals surface area contributed by atoms with E-state index in [-0.39, 0.29) is 0 Å². The number of hydrogen-bond acceptors (Lipinski definition) is 1. The van der Waals surface area contributed by atoms with Crippen molar-refractivity contribution in [3.63, 3.8) is 0 Å². The van der Waals surface area contributed by atoms with E-state index in [1.54, 1.807) is 0 Å². The molecule has 0 aliphatic carbocycles. The molecule has 3 heteroatoms. The molecule has 0 atom stereocenters. The van der Waals surface area contributed by atoms with Gasteiger partial charge in [0.25, 0.3) is 0 Å². The summed E-state index contributed by atoms with van der Waals surface area (Å²) >= 11 is 0. The predicted molar refractivity (Wildman–Crippen MR) is 112 cm³/mol. The van der Waals surface area contributed by atoms with Crippen molar-refractivity contribution < 1.29 is 0 Å². The van der Waals surface area contributed by atoms with E-state index in [1.165, 1.54) is 22.4 Å². The Kier molecular flexibility index (Phi) is 4.68. The summed E-state index contributed by atoms with van der Waals surface area (Å²) in [5, 5.41) is 0. The van der Waals surface area contributed by atoms with Crippen LogP contribution in [-0.2, 0) is 6.42 Å². The Morgan fingerprint density at radius 3 is 2.48 bits per heavy atom. The second-order valence-corrected chi connectivity index (χ2v) is 7.15. The number of imidazole rings is 1. The third-order valence-electron chi connectivity index (χ3n) is 5.04. The van der Waals surface area contributed by atoms with Gasteiger partial charge in [-0.2, -0.15) is 0 Å². The molecule has 3 nitrogen and oxygen atoms in total. The summed E-state index contributed by atoms with van der Waals surface area (Å²) in [6, 6.07) is 19.2. The first-order valence-corrected chi connectivity index (χ1v) is 9.58. The molecule has 0 spiro atoms. The molecule has 2 aromatic heterocycles. The lowest BCUT2D eigenvalue weighted by Gasteiger charge is -2.21. The quantitative estimate of drug-likeness (QED) is 0.453. The van der Waals surface area contributed by atoms with Gasteiger partial charge in [0, 0.05) is 29.8 Å². The minimum atomic E-state index is 0.409. The lowest BCUT2D eigenvalue weighted by molar-refractivity contribution is 0.839. The fourth-order valence-electron chi connectivity index (χ4n) is 3.67. The zero-order valence-electron chi connectivity index (χ0n) is 16.1. The lowest BCUT2D eigenvalue weighted by Crippen LogP contribution is -2.07. The van der Waals surface area contributed by atoms with Gasteiger partial charge in [0.1, 0.15) is 5.82 Å². The van der Waals surface area contributed by atoms with E-state index < -0.39 is 0 Å². The maximum atomic E-state index is 4.67. The van der Waals surface area contributed by atoms with Crippen LogP contribution >= 0.6 is 0 Å². The van der Waals surface area contributed by atoms with Crippen LogP contribution in [0.25, 0.3) is 28.3 Å². The Morgan fingerprint density at radius 2 is 1.81 bits per heavy atom. The number of aromatic nitrogens is 3. The molecule has 0 aliphatic heterocycles. The van der Waals surface area contributed by atoms with Gasteiger partial charge in [-0.25, -0.2) is 4.98 Å². The van der Waals surface area contributed by atoms with Crippen molar-refractivity contribution in [2.45, 2.75) is 33.1 Å². The van der Waals surface area contributed by atoms with Crippen LogP contribution < -0.4 is 0 Å². The van der Waals surface area contributed by atoms with E-state index in [1.807, 2.05) is 24.5 Å². The largest absolute Gasteiger partial charge is 0.361 e. The number of nitrogens with one attached hydrogen (secondary N) is 1. The van der Waals surface area contributed by atoms with Crippen LogP contribution in [0.15, 0.2) is 73.2 Å². The van der Waals surface area contributed by atoms with Crippen molar-refractivity contribution >= 4 is 0 Å². The molecule has 4 rings (SSSR count). The molecule has 0 saturated heterocycles. The number of aromatic amines is 1. The van der Waals surface area contributed by atoms with Gasteiger partial charge in [-0.1, -0.05) is 51.1 Å². The molecule has 2 heterocycles. The Balaban J connectivity index is 1.95. The minimum Gasteiger partial charge on any atom is -0.361 e. The summed E-state index contributed by atoms with van der Waals surface area (Å²) < 4.78 is 2.25. The zero-order valence-corrected chi connectivity index (χ0v) is 16.1. The highest BCUT2D eigenvalue weighted by molar-refractivity contribution is 5.69. The van der Waals surface area contributed by atoms with E-state index in [2.05, 4.69) is 84.0 Å². The standard InChI is InChI=1S/C24H25N3/c1-4-18-15-20(22-11-8-12-25-22)16-21(17(2)3)23(18)27-14-13-26-24(27)19-9-6-5-7-10-19/h5-17,25H,4H2,1-3H3. The topological polar surface area (TPSA) is 33.6 Å². The third kappa shape index (κ3) is 3.21. The number of hydrogen-bond donors (Lipinski definition) is 1. The average molecular weight is 355 g/mol. The van der Waals surface area contributed by atoms with Gasteiger partial charge < -0.3 is 4.98 Å². The molecule has 136 valence electrons. The van der Waals surface area contributed by atoms with Crippen molar-refractivity contribution in [2.75, 3.05) is 0 Å². The molecule has 4 aromatic rings. The zero-order chi connectivity index (χ0) is 18.8. The van der Waals surface area contributed by atoms with Gasteiger partial charge in [-0.05, 0) is 53.3 Å². The highest BCUT2D eigenvalue weighted by atomic mass is 15.1. The maximum absolute atomic E-state index is 4.67.